The molecule has 1 saturated heterocycles. The number of carbonyl (C=O) groups is 2. The van der Waals surface area contributed by atoms with E-state index in [1.54, 1.807) is 0 Å². The zero-order valence-electron chi connectivity index (χ0n) is 11.6. The lowest BCUT2D eigenvalue weighted by Crippen LogP contribution is -2.44. The fourth-order valence-corrected chi connectivity index (χ4v) is 1.79. The van der Waals surface area contributed by atoms with Crippen molar-refractivity contribution in [2.24, 2.45) is 0 Å². The summed E-state index contributed by atoms with van der Waals surface area (Å²) in [6.07, 6.45) is 1.51. The lowest BCUT2D eigenvalue weighted by molar-refractivity contribution is -0.122. The Morgan fingerprint density at radius 3 is 2.28 bits per heavy atom. The minimum absolute atomic E-state index is 0.300. The van der Waals surface area contributed by atoms with Crippen molar-refractivity contribution >= 4 is 11.9 Å². The highest BCUT2D eigenvalue weighted by atomic mass is 16.2. The van der Waals surface area contributed by atoms with E-state index in [9.17, 15) is 9.59 Å². The summed E-state index contributed by atoms with van der Waals surface area (Å²) in [6, 6.07) is -0.401. The summed E-state index contributed by atoms with van der Waals surface area (Å²) >= 11 is 0. The molecule has 0 aromatic rings. The molecule has 1 fully saturated rings. The van der Waals surface area contributed by atoms with Crippen LogP contribution >= 0.6 is 0 Å². The van der Waals surface area contributed by atoms with Crippen LogP contribution in [0.2, 0.25) is 0 Å². The summed E-state index contributed by atoms with van der Waals surface area (Å²) in [5.41, 5.74) is 0.906. The Balaban J connectivity index is 2.60. The van der Waals surface area contributed by atoms with Gasteiger partial charge in [0.05, 0.1) is 0 Å². The normalized spacial score (nSPS) is 17.6. The first-order valence-corrected chi connectivity index (χ1v) is 6.07. The van der Waals surface area contributed by atoms with Gasteiger partial charge in [0.1, 0.15) is 0 Å². The van der Waals surface area contributed by atoms with E-state index in [1.807, 2.05) is 6.92 Å². The van der Waals surface area contributed by atoms with Crippen molar-refractivity contribution in [3.63, 3.8) is 0 Å². The second-order valence-corrected chi connectivity index (χ2v) is 4.53. The van der Waals surface area contributed by atoms with Crippen LogP contribution in [0, 0.1) is 0 Å². The molecular formula is C12H22N4O2. The van der Waals surface area contributed by atoms with Gasteiger partial charge in [0.2, 0.25) is 0 Å². The fourth-order valence-electron chi connectivity index (χ4n) is 1.79. The van der Waals surface area contributed by atoms with Crippen LogP contribution in [0.3, 0.4) is 0 Å². The fraction of sp³-hybridized carbons (Fsp3) is 0.667. The molecule has 0 spiro atoms. The molecule has 0 aliphatic carbocycles. The quantitative estimate of drug-likeness (QED) is 0.701. The zero-order valence-corrected chi connectivity index (χ0v) is 11.6. The number of piperazine rings is 1. The van der Waals surface area contributed by atoms with Crippen molar-refractivity contribution in [1.82, 2.24) is 20.0 Å². The third kappa shape index (κ3) is 3.73. The molecule has 0 radical (unpaired) electrons. The SMILES string of the molecule is CNC(=O)N(C)C(=O)/C=C(\C)N1CCN(C)CC1. The number of likely N-dealkylation sites (N-methyl/N-ethyl adjacent to an activating group) is 2. The average molecular weight is 254 g/mol. The topological polar surface area (TPSA) is 55.9 Å². The molecule has 1 heterocycles. The third-order valence-electron chi connectivity index (χ3n) is 3.18. The zero-order chi connectivity index (χ0) is 13.7. The van der Waals surface area contributed by atoms with Crippen molar-refractivity contribution in [1.29, 1.82) is 0 Å². The van der Waals surface area contributed by atoms with Crippen LogP contribution in [0.4, 0.5) is 4.79 Å². The van der Waals surface area contributed by atoms with Gasteiger partial charge in [-0.25, -0.2) is 4.79 Å². The molecule has 1 aliphatic heterocycles. The first-order chi connectivity index (χ1) is 8.45. The molecule has 3 amide bonds. The molecular weight excluding hydrogens is 232 g/mol. The van der Waals surface area contributed by atoms with Gasteiger partial charge in [0.25, 0.3) is 5.91 Å². The summed E-state index contributed by atoms with van der Waals surface area (Å²) in [6.45, 7) is 5.71. The Hall–Kier alpha value is -1.56. The second-order valence-electron chi connectivity index (χ2n) is 4.53. The summed E-state index contributed by atoms with van der Waals surface area (Å²) in [4.78, 5) is 28.6. The summed E-state index contributed by atoms with van der Waals surface area (Å²) in [7, 11) is 5.05. The van der Waals surface area contributed by atoms with Crippen LogP contribution in [0.1, 0.15) is 6.92 Å². The van der Waals surface area contributed by atoms with E-state index in [2.05, 4.69) is 22.2 Å². The summed E-state index contributed by atoms with van der Waals surface area (Å²) in [5, 5.41) is 2.42. The van der Waals surface area contributed by atoms with Crippen LogP contribution in [-0.2, 0) is 4.79 Å². The molecule has 6 heteroatoms. The van der Waals surface area contributed by atoms with Gasteiger partial charge < -0.3 is 15.1 Å². The van der Waals surface area contributed by atoms with E-state index in [1.165, 1.54) is 20.2 Å². The number of carbonyl (C=O) groups excluding carboxylic acids is 2. The van der Waals surface area contributed by atoms with Crippen LogP contribution in [0.25, 0.3) is 0 Å². The Kier molecular flexibility index (Phi) is 5.15. The summed E-state index contributed by atoms with van der Waals surface area (Å²) < 4.78 is 0. The van der Waals surface area contributed by atoms with Gasteiger partial charge in [-0.05, 0) is 14.0 Å². The number of nitrogens with one attached hydrogen (secondary N) is 1. The number of imide groups is 1. The Morgan fingerprint density at radius 1 is 1.22 bits per heavy atom. The molecule has 1 rings (SSSR count). The molecule has 18 heavy (non-hydrogen) atoms. The predicted molar refractivity (Wildman–Crippen MR) is 70.1 cm³/mol. The lowest BCUT2D eigenvalue weighted by Gasteiger charge is -2.34. The monoisotopic (exact) mass is 254 g/mol. The van der Waals surface area contributed by atoms with E-state index in [4.69, 9.17) is 0 Å². The van der Waals surface area contributed by atoms with E-state index >= 15 is 0 Å². The number of rotatable bonds is 2. The van der Waals surface area contributed by atoms with Gasteiger partial charge in [-0.2, -0.15) is 0 Å². The predicted octanol–water partition coefficient (Wildman–Crippen LogP) is -0.0646. The van der Waals surface area contributed by atoms with E-state index < -0.39 is 6.03 Å². The van der Waals surface area contributed by atoms with Crippen LogP contribution in [0.15, 0.2) is 11.8 Å². The summed E-state index contributed by atoms with van der Waals surface area (Å²) in [5.74, 6) is -0.300. The highest BCUT2D eigenvalue weighted by Gasteiger charge is 2.17. The molecule has 6 nitrogen and oxygen atoms in total. The van der Waals surface area contributed by atoms with Gasteiger partial charge in [0.15, 0.2) is 0 Å². The number of amides is 3. The first-order valence-electron chi connectivity index (χ1n) is 6.07. The minimum atomic E-state index is -0.401. The highest BCUT2D eigenvalue weighted by Crippen LogP contribution is 2.08. The maximum absolute atomic E-state index is 11.8. The molecule has 0 aromatic heterocycles. The van der Waals surface area contributed by atoms with Gasteiger partial charge in [-0.3, -0.25) is 9.69 Å². The van der Waals surface area contributed by atoms with Crippen molar-refractivity contribution in [2.45, 2.75) is 6.92 Å². The van der Waals surface area contributed by atoms with E-state index in [0.29, 0.717) is 0 Å². The Morgan fingerprint density at radius 2 is 1.78 bits per heavy atom. The standard InChI is InChI=1S/C12H22N4O2/c1-10(16-7-5-14(3)6-8-16)9-11(17)15(4)12(18)13-2/h9H,5-8H2,1-4H3,(H,13,18)/b10-9+. The molecule has 0 unspecified atom stereocenters. The van der Waals surface area contributed by atoms with Crippen LogP contribution < -0.4 is 5.32 Å². The van der Waals surface area contributed by atoms with Crippen LogP contribution in [-0.4, -0.2) is 74.0 Å². The number of nitrogens with zero attached hydrogens (tertiary/aromatic N) is 3. The third-order valence-corrected chi connectivity index (χ3v) is 3.18. The molecule has 0 bridgehead atoms. The van der Waals surface area contributed by atoms with Crippen molar-refractivity contribution in [2.75, 3.05) is 47.3 Å². The highest BCUT2D eigenvalue weighted by molar-refractivity contribution is 6.00. The van der Waals surface area contributed by atoms with E-state index in [0.717, 1.165) is 36.8 Å². The number of hydrogen-bond donors (Lipinski definition) is 1. The largest absolute Gasteiger partial charge is 0.372 e. The Bertz CT molecular complexity index is 346. The molecule has 1 aliphatic rings. The lowest BCUT2D eigenvalue weighted by atomic mass is 10.3. The number of urea groups is 1. The maximum atomic E-state index is 11.8. The molecule has 0 saturated carbocycles. The molecule has 102 valence electrons. The van der Waals surface area contributed by atoms with Gasteiger partial charge in [-0.1, -0.05) is 0 Å². The molecule has 0 atom stereocenters. The molecule has 0 aromatic carbocycles. The van der Waals surface area contributed by atoms with Gasteiger partial charge in [-0.15, -0.1) is 0 Å². The minimum Gasteiger partial charge on any atom is -0.372 e. The smallest absolute Gasteiger partial charge is 0.323 e. The second kappa shape index (κ2) is 6.39. The van der Waals surface area contributed by atoms with Gasteiger partial charge in [0, 0.05) is 52.0 Å². The van der Waals surface area contributed by atoms with Crippen LogP contribution in [0.5, 0.6) is 0 Å². The van der Waals surface area contributed by atoms with Gasteiger partial charge >= 0.3 is 6.03 Å². The van der Waals surface area contributed by atoms with E-state index in [-0.39, 0.29) is 5.91 Å². The Labute approximate surface area is 108 Å². The average Bonchev–Trinajstić information content (AvgIpc) is 2.37. The molecule has 1 N–H and O–H groups in total. The van der Waals surface area contributed by atoms with Crippen molar-refractivity contribution in [3.05, 3.63) is 11.8 Å². The van der Waals surface area contributed by atoms with Crippen molar-refractivity contribution < 1.29 is 9.59 Å². The van der Waals surface area contributed by atoms with Crippen molar-refractivity contribution in [3.8, 4) is 0 Å². The number of allylic oxidation sites excluding steroid dienone is 1. The first kappa shape index (κ1) is 14.5. The number of hydrogen-bond acceptors (Lipinski definition) is 4. The maximum Gasteiger partial charge on any atom is 0.323 e.